The summed E-state index contributed by atoms with van der Waals surface area (Å²) in [5.41, 5.74) is 8.80. The zero-order valence-corrected chi connectivity index (χ0v) is 10.8. The van der Waals surface area contributed by atoms with E-state index in [4.69, 9.17) is 10.5 Å². The lowest BCUT2D eigenvalue weighted by Gasteiger charge is -2.17. The number of nitrogen functional groups attached to an aromatic ring is 1. The highest BCUT2D eigenvalue weighted by atomic mass is 16.5. The van der Waals surface area contributed by atoms with E-state index in [1.807, 2.05) is 24.3 Å². The van der Waals surface area contributed by atoms with E-state index in [0.717, 1.165) is 35.3 Å². The van der Waals surface area contributed by atoms with Crippen LogP contribution in [0.25, 0.3) is 10.9 Å². The van der Waals surface area contributed by atoms with Crippen LogP contribution in [-0.2, 0) is 4.74 Å². The molecule has 1 aromatic heterocycles. The number of methoxy groups -OCH3 is 1. The number of nitrogens with zero attached hydrogens (tertiary/aromatic N) is 1. The maximum absolute atomic E-state index is 6.16. The Bertz CT molecular complexity index is 527. The average molecular weight is 245 g/mol. The molecular formula is C14H19N3O. The molecule has 2 rings (SSSR count). The predicted molar refractivity (Wildman–Crippen MR) is 75.7 cm³/mol. The van der Waals surface area contributed by atoms with Crippen LogP contribution in [0.1, 0.15) is 13.3 Å². The Morgan fingerprint density at radius 2 is 2.22 bits per heavy atom. The molecule has 0 saturated heterocycles. The van der Waals surface area contributed by atoms with Gasteiger partial charge in [-0.25, -0.2) is 0 Å². The molecule has 4 nitrogen and oxygen atoms in total. The first-order valence-corrected chi connectivity index (χ1v) is 6.11. The van der Waals surface area contributed by atoms with Gasteiger partial charge in [0.05, 0.1) is 16.9 Å². The summed E-state index contributed by atoms with van der Waals surface area (Å²) in [4.78, 5) is 4.28. The first-order chi connectivity index (χ1) is 8.72. The van der Waals surface area contributed by atoms with E-state index >= 15 is 0 Å². The van der Waals surface area contributed by atoms with E-state index in [9.17, 15) is 0 Å². The van der Waals surface area contributed by atoms with E-state index < -0.39 is 0 Å². The van der Waals surface area contributed by atoms with Crippen molar-refractivity contribution >= 4 is 22.3 Å². The third-order valence-electron chi connectivity index (χ3n) is 2.98. The molecule has 0 aliphatic rings. The highest BCUT2D eigenvalue weighted by Gasteiger charge is 2.07. The number of fused-ring (bicyclic) bond motifs is 1. The number of rotatable bonds is 5. The van der Waals surface area contributed by atoms with Gasteiger partial charge in [0, 0.05) is 31.3 Å². The van der Waals surface area contributed by atoms with Crippen molar-refractivity contribution in [3.05, 3.63) is 30.5 Å². The van der Waals surface area contributed by atoms with Crippen molar-refractivity contribution in [3.8, 4) is 0 Å². The predicted octanol–water partition coefficient (Wildman–Crippen LogP) is 2.65. The second-order valence-corrected chi connectivity index (χ2v) is 4.42. The molecule has 4 heteroatoms. The van der Waals surface area contributed by atoms with Crippen LogP contribution in [-0.4, -0.2) is 24.7 Å². The van der Waals surface area contributed by atoms with E-state index in [1.54, 1.807) is 13.3 Å². The highest BCUT2D eigenvalue weighted by molar-refractivity contribution is 5.96. The largest absolute Gasteiger partial charge is 0.397 e. The third-order valence-corrected chi connectivity index (χ3v) is 2.98. The lowest BCUT2D eigenvalue weighted by Crippen LogP contribution is -2.18. The molecule has 1 unspecified atom stereocenters. The van der Waals surface area contributed by atoms with Crippen LogP contribution < -0.4 is 11.1 Å². The van der Waals surface area contributed by atoms with Crippen molar-refractivity contribution in [2.75, 3.05) is 24.8 Å². The Hall–Kier alpha value is -1.81. The highest BCUT2D eigenvalue weighted by Crippen LogP contribution is 2.27. The van der Waals surface area contributed by atoms with Crippen LogP contribution in [0.3, 0.4) is 0 Å². The van der Waals surface area contributed by atoms with Gasteiger partial charge in [0.15, 0.2) is 0 Å². The lowest BCUT2D eigenvalue weighted by atomic mass is 10.1. The number of pyridine rings is 1. The summed E-state index contributed by atoms with van der Waals surface area (Å²) in [6.45, 7) is 2.86. The molecule has 0 aliphatic heterocycles. The van der Waals surface area contributed by atoms with Crippen LogP contribution in [0.4, 0.5) is 11.4 Å². The third kappa shape index (κ3) is 2.71. The Kier molecular flexibility index (Phi) is 3.99. The van der Waals surface area contributed by atoms with Crippen molar-refractivity contribution in [2.24, 2.45) is 0 Å². The van der Waals surface area contributed by atoms with E-state index in [2.05, 4.69) is 17.2 Å². The fourth-order valence-electron chi connectivity index (χ4n) is 1.93. The fourth-order valence-corrected chi connectivity index (χ4v) is 1.93. The van der Waals surface area contributed by atoms with Crippen LogP contribution in [0, 0.1) is 0 Å². The molecule has 0 amide bonds. The molecule has 2 aromatic rings. The molecule has 1 atom stereocenters. The Morgan fingerprint density at radius 1 is 1.39 bits per heavy atom. The molecule has 0 aliphatic carbocycles. The smallest absolute Gasteiger partial charge is 0.0724 e. The van der Waals surface area contributed by atoms with Gasteiger partial charge in [-0.05, 0) is 37.6 Å². The first-order valence-electron chi connectivity index (χ1n) is 6.11. The van der Waals surface area contributed by atoms with Crippen molar-refractivity contribution in [1.82, 2.24) is 4.98 Å². The Balaban J connectivity index is 2.21. The number of ether oxygens (including phenoxy) is 1. The van der Waals surface area contributed by atoms with Gasteiger partial charge in [-0.2, -0.15) is 0 Å². The van der Waals surface area contributed by atoms with Crippen LogP contribution in [0.5, 0.6) is 0 Å². The van der Waals surface area contributed by atoms with Gasteiger partial charge in [0.2, 0.25) is 0 Å². The topological polar surface area (TPSA) is 60.2 Å². The van der Waals surface area contributed by atoms with Gasteiger partial charge in [-0.3, -0.25) is 4.98 Å². The van der Waals surface area contributed by atoms with Gasteiger partial charge in [0.25, 0.3) is 0 Å². The lowest BCUT2D eigenvalue weighted by molar-refractivity contribution is 0.191. The van der Waals surface area contributed by atoms with Gasteiger partial charge >= 0.3 is 0 Å². The van der Waals surface area contributed by atoms with Crippen molar-refractivity contribution in [2.45, 2.75) is 19.4 Å². The molecule has 0 spiro atoms. The summed E-state index contributed by atoms with van der Waals surface area (Å²) in [6.07, 6.45) is 2.72. The molecule has 96 valence electrons. The molecule has 0 fully saturated rings. The number of nitrogens with one attached hydrogen (secondary N) is 1. The Morgan fingerprint density at radius 3 is 3.00 bits per heavy atom. The molecule has 3 N–H and O–H groups in total. The normalized spacial score (nSPS) is 12.6. The summed E-state index contributed by atoms with van der Waals surface area (Å²) >= 11 is 0. The number of nitrogens with two attached hydrogens (primary N) is 1. The molecule has 0 saturated carbocycles. The van der Waals surface area contributed by atoms with Gasteiger partial charge in [-0.15, -0.1) is 0 Å². The number of anilines is 2. The summed E-state index contributed by atoms with van der Waals surface area (Å²) in [5.74, 6) is 0. The SMILES string of the molecule is COCCC(C)Nc1ccc2ncccc2c1N. The second-order valence-electron chi connectivity index (χ2n) is 4.42. The van der Waals surface area contributed by atoms with Gasteiger partial charge in [0.1, 0.15) is 0 Å². The van der Waals surface area contributed by atoms with Crippen molar-refractivity contribution in [3.63, 3.8) is 0 Å². The first kappa shape index (κ1) is 12.6. The molecule has 0 radical (unpaired) electrons. The molecular weight excluding hydrogens is 226 g/mol. The minimum atomic E-state index is 0.321. The molecule has 1 aromatic carbocycles. The Labute approximate surface area is 107 Å². The zero-order valence-electron chi connectivity index (χ0n) is 10.8. The van der Waals surface area contributed by atoms with Crippen LogP contribution in [0.15, 0.2) is 30.5 Å². The molecule has 18 heavy (non-hydrogen) atoms. The number of aromatic nitrogens is 1. The van der Waals surface area contributed by atoms with E-state index in [0.29, 0.717) is 6.04 Å². The van der Waals surface area contributed by atoms with Crippen molar-refractivity contribution in [1.29, 1.82) is 0 Å². The zero-order chi connectivity index (χ0) is 13.0. The van der Waals surface area contributed by atoms with Gasteiger partial charge < -0.3 is 15.8 Å². The maximum atomic E-state index is 6.16. The number of benzene rings is 1. The fraction of sp³-hybridized carbons (Fsp3) is 0.357. The van der Waals surface area contributed by atoms with Crippen LogP contribution in [0.2, 0.25) is 0 Å². The van der Waals surface area contributed by atoms with Crippen molar-refractivity contribution < 1.29 is 4.74 Å². The minimum Gasteiger partial charge on any atom is -0.397 e. The van der Waals surface area contributed by atoms with E-state index in [1.165, 1.54) is 0 Å². The number of hydrogen-bond donors (Lipinski definition) is 2. The molecule has 1 heterocycles. The summed E-state index contributed by atoms with van der Waals surface area (Å²) in [6, 6.07) is 8.17. The quantitative estimate of drug-likeness (QED) is 0.795. The monoisotopic (exact) mass is 245 g/mol. The second kappa shape index (κ2) is 5.69. The van der Waals surface area contributed by atoms with Crippen LogP contribution >= 0.6 is 0 Å². The van der Waals surface area contributed by atoms with E-state index in [-0.39, 0.29) is 0 Å². The summed E-state index contributed by atoms with van der Waals surface area (Å²) in [7, 11) is 1.71. The number of hydrogen-bond acceptors (Lipinski definition) is 4. The standard InChI is InChI=1S/C14H19N3O/c1-10(7-9-18-2)17-13-6-5-12-11(14(13)15)4-3-8-16-12/h3-6,8,10,17H,7,9,15H2,1-2H3. The average Bonchev–Trinajstić information content (AvgIpc) is 2.40. The summed E-state index contributed by atoms with van der Waals surface area (Å²) in [5, 5.41) is 4.39. The maximum Gasteiger partial charge on any atom is 0.0724 e. The summed E-state index contributed by atoms with van der Waals surface area (Å²) < 4.78 is 5.07. The van der Waals surface area contributed by atoms with Gasteiger partial charge in [-0.1, -0.05) is 0 Å². The molecule has 0 bridgehead atoms. The minimum absolute atomic E-state index is 0.321.